The molecular weight excluding hydrogens is 263 g/mol. The molecule has 0 spiro atoms. The molecule has 6 nitrogen and oxygen atoms in total. The molecule has 0 amide bonds. The van der Waals surface area contributed by atoms with Crippen LogP contribution in [0.3, 0.4) is 0 Å². The third-order valence-electron chi connectivity index (χ3n) is 2.56. The van der Waals surface area contributed by atoms with Gasteiger partial charge in [0.15, 0.2) is 9.84 Å². The number of nitrogens with zero attached hydrogens (tertiary/aromatic N) is 1. The summed E-state index contributed by atoms with van der Waals surface area (Å²) in [5.74, 6) is -1.71. The molecule has 0 aromatic heterocycles. The van der Waals surface area contributed by atoms with Crippen molar-refractivity contribution in [2.24, 2.45) is 5.73 Å². The second kappa shape index (κ2) is 5.40. The van der Waals surface area contributed by atoms with Crippen LogP contribution in [0.1, 0.15) is 12.5 Å². The quantitative estimate of drug-likeness (QED) is 0.638. The lowest BCUT2D eigenvalue weighted by Gasteiger charge is -2.10. The minimum absolute atomic E-state index is 0.0844. The number of benzene rings is 1. The highest BCUT2D eigenvalue weighted by molar-refractivity contribution is 7.91. The van der Waals surface area contributed by atoms with E-state index in [9.17, 15) is 22.9 Å². The van der Waals surface area contributed by atoms with Crippen molar-refractivity contribution in [3.05, 3.63) is 39.7 Å². The summed E-state index contributed by atoms with van der Waals surface area (Å²) < 4.78 is 37.2. The summed E-state index contributed by atoms with van der Waals surface area (Å²) in [6.45, 7) is 1.32. The SMILES string of the molecule is CC(CN)S(=O)(=O)Cc1cccc([N+](=O)[O-])c1F. The van der Waals surface area contributed by atoms with Crippen molar-refractivity contribution in [3.63, 3.8) is 0 Å². The highest BCUT2D eigenvalue weighted by Gasteiger charge is 2.24. The Bertz CT molecular complexity index is 559. The fourth-order valence-electron chi connectivity index (χ4n) is 1.32. The number of hydrogen-bond donors (Lipinski definition) is 1. The molecule has 0 bridgehead atoms. The molecule has 1 atom stereocenters. The minimum Gasteiger partial charge on any atom is -0.329 e. The van der Waals surface area contributed by atoms with E-state index < -0.39 is 37.3 Å². The van der Waals surface area contributed by atoms with Crippen LogP contribution >= 0.6 is 0 Å². The molecule has 8 heteroatoms. The van der Waals surface area contributed by atoms with Crippen molar-refractivity contribution in [3.8, 4) is 0 Å². The van der Waals surface area contributed by atoms with Crippen LogP contribution in [0.15, 0.2) is 18.2 Å². The third kappa shape index (κ3) is 3.02. The maximum absolute atomic E-state index is 13.7. The monoisotopic (exact) mass is 276 g/mol. The summed E-state index contributed by atoms with van der Waals surface area (Å²) >= 11 is 0. The highest BCUT2D eigenvalue weighted by Crippen LogP contribution is 2.22. The Morgan fingerprint density at radius 1 is 1.50 bits per heavy atom. The Kier molecular flexibility index (Phi) is 4.36. The van der Waals surface area contributed by atoms with Crippen molar-refractivity contribution in [2.45, 2.75) is 17.9 Å². The standard InChI is InChI=1S/C10H13FN2O4S/c1-7(5-12)18(16,17)6-8-3-2-4-9(10(8)11)13(14)15/h2-4,7H,5-6,12H2,1H3. The first-order valence-electron chi connectivity index (χ1n) is 5.13. The average molecular weight is 276 g/mol. The Hall–Kier alpha value is -1.54. The molecule has 1 unspecified atom stereocenters. The molecule has 2 N–H and O–H groups in total. The number of nitro benzene ring substituents is 1. The lowest BCUT2D eigenvalue weighted by molar-refractivity contribution is -0.387. The Labute approximate surface area is 104 Å². The van der Waals surface area contributed by atoms with E-state index in [4.69, 9.17) is 5.73 Å². The van der Waals surface area contributed by atoms with Gasteiger partial charge in [-0.15, -0.1) is 0 Å². The van der Waals surface area contributed by atoms with Crippen LogP contribution in [0.4, 0.5) is 10.1 Å². The van der Waals surface area contributed by atoms with E-state index in [1.165, 1.54) is 19.1 Å². The van der Waals surface area contributed by atoms with E-state index in [-0.39, 0.29) is 12.1 Å². The maximum atomic E-state index is 13.7. The predicted molar refractivity (Wildman–Crippen MR) is 64.2 cm³/mol. The van der Waals surface area contributed by atoms with E-state index >= 15 is 0 Å². The molecule has 0 aliphatic rings. The maximum Gasteiger partial charge on any atom is 0.305 e. The molecule has 0 fully saturated rings. The fourth-order valence-corrected chi connectivity index (χ4v) is 2.56. The summed E-state index contributed by atoms with van der Waals surface area (Å²) in [5.41, 5.74) is 4.30. The first-order valence-corrected chi connectivity index (χ1v) is 6.84. The topological polar surface area (TPSA) is 103 Å². The smallest absolute Gasteiger partial charge is 0.305 e. The number of sulfone groups is 1. The van der Waals surface area contributed by atoms with Gasteiger partial charge in [-0.05, 0) is 6.92 Å². The number of hydrogen-bond acceptors (Lipinski definition) is 5. The summed E-state index contributed by atoms with van der Waals surface area (Å²) in [7, 11) is -3.62. The van der Waals surface area contributed by atoms with Crippen LogP contribution in [0, 0.1) is 15.9 Å². The van der Waals surface area contributed by atoms with E-state index in [0.717, 1.165) is 6.07 Å². The summed E-state index contributed by atoms with van der Waals surface area (Å²) in [6, 6.07) is 3.44. The zero-order valence-electron chi connectivity index (χ0n) is 9.67. The molecular formula is C10H13FN2O4S. The van der Waals surface area contributed by atoms with Gasteiger partial charge in [-0.25, -0.2) is 8.42 Å². The second-order valence-electron chi connectivity index (χ2n) is 3.86. The average Bonchev–Trinajstić information content (AvgIpc) is 2.30. The van der Waals surface area contributed by atoms with Gasteiger partial charge in [0.25, 0.3) is 0 Å². The van der Waals surface area contributed by atoms with Gasteiger partial charge in [-0.2, -0.15) is 4.39 Å². The first kappa shape index (κ1) is 14.5. The molecule has 0 saturated heterocycles. The molecule has 18 heavy (non-hydrogen) atoms. The van der Waals surface area contributed by atoms with E-state index in [0.29, 0.717) is 0 Å². The van der Waals surface area contributed by atoms with Gasteiger partial charge in [0.05, 0.1) is 15.9 Å². The van der Waals surface area contributed by atoms with Crippen LogP contribution in [0.25, 0.3) is 0 Å². The Morgan fingerprint density at radius 2 is 2.11 bits per heavy atom. The van der Waals surface area contributed by atoms with Crippen LogP contribution in [-0.4, -0.2) is 25.1 Å². The second-order valence-corrected chi connectivity index (χ2v) is 6.28. The fraction of sp³-hybridized carbons (Fsp3) is 0.400. The lowest BCUT2D eigenvalue weighted by atomic mass is 10.2. The molecule has 1 aromatic carbocycles. The van der Waals surface area contributed by atoms with E-state index in [1.54, 1.807) is 0 Å². The highest BCUT2D eigenvalue weighted by atomic mass is 32.2. The number of halogens is 1. The van der Waals surface area contributed by atoms with Gasteiger partial charge in [-0.1, -0.05) is 12.1 Å². The zero-order chi connectivity index (χ0) is 13.9. The third-order valence-corrected chi connectivity index (χ3v) is 4.69. The van der Waals surface area contributed by atoms with Crippen molar-refractivity contribution >= 4 is 15.5 Å². The van der Waals surface area contributed by atoms with Crippen molar-refractivity contribution in [1.82, 2.24) is 0 Å². The van der Waals surface area contributed by atoms with E-state index in [2.05, 4.69) is 0 Å². The van der Waals surface area contributed by atoms with Gasteiger partial charge in [0.2, 0.25) is 5.82 Å². The van der Waals surface area contributed by atoms with Gasteiger partial charge in [0, 0.05) is 18.2 Å². The summed E-state index contributed by atoms with van der Waals surface area (Å²) in [5, 5.41) is 9.70. The van der Waals surface area contributed by atoms with Gasteiger partial charge < -0.3 is 5.73 Å². The number of nitrogens with two attached hydrogens (primary N) is 1. The van der Waals surface area contributed by atoms with Crippen molar-refractivity contribution in [1.29, 1.82) is 0 Å². The molecule has 0 radical (unpaired) electrons. The molecule has 0 saturated carbocycles. The molecule has 100 valence electrons. The number of rotatable bonds is 5. The first-order chi connectivity index (χ1) is 8.29. The Balaban J connectivity index is 3.14. The molecule has 1 rings (SSSR count). The van der Waals surface area contributed by atoms with E-state index in [1.807, 2.05) is 0 Å². The molecule has 1 aromatic rings. The van der Waals surface area contributed by atoms with Crippen LogP contribution in [0.2, 0.25) is 0 Å². The van der Waals surface area contributed by atoms with Crippen molar-refractivity contribution in [2.75, 3.05) is 6.54 Å². The molecule has 0 heterocycles. The van der Waals surface area contributed by atoms with Gasteiger partial charge >= 0.3 is 5.69 Å². The summed E-state index contributed by atoms with van der Waals surface area (Å²) in [6.07, 6.45) is 0. The normalized spacial score (nSPS) is 13.3. The number of nitro groups is 1. The molecule has 0 aliphatic heterocycles. The molecule has 0 aliphatic carbocycles. The predicted octanol–water partition coefficient (Wildman–Crippen LogP) is 0.996. The van der Waals surface area contributed by atoms with Gasteiger partial charge in [-0.3, -0.25) is 10.1 Å². The lowest BCUT2D eigenvalue weighted by Crippen LogP contribution is -2.28. The van der Waals surface area contributed by atoms with Gasteiger partial charge in [0.1, 0.15) is 0 Å². The van der Waals surface area contributed by atoms with Crippen LogP contribution in [0.5, 0.6) is 0 Å². The van der Waals surface area contributed by atoms with Crippen LogP contribution < -0.4 is 5.73 Å². The van der Waals surface area contributed by atoms with Crippen LogP contribution in [-0.2, 0) is 15.6 Å². The zero-order valence-corrected chi connectivity index (χ0v) is 10.5. The Morgan fingerprint density at radius 3 is 2.61 bits per heavy atom. The van der Waals surface area contributed by atoms with Crippen molar-refractivity contribution < 1.29 is 17.7 Å². The minimum atomic E-state index is -3.62. The summed E-state index contributed by atoms with van der Waals surface area (Å²) in [4.78, 5) is 9.63. The largest absolute Gasteiger partial charge is 0.329 e.